The lowest BCUT2D eigenvalue weighted by molar-refractivity contribution is 0.282. The minimum absolute atomic E-state index is 0.00944. The molecule has 0 atom stereocenters. The van der Waals surface area contributed by atoms with Crippen LogP contribution < -0.4 is 9.47 Å². The first-order valence-electron chi connectivity index (χ1n) is 18.2. The normalized spacial score (nSPS) is 11.2. The van der Waals surface area contributed by atoms with Crippen LogP contribution in [0.4, 0.5) is 0 Å². The number of phenolic OH excluding ortho intramolecular Hbond substituents is 2. The molecule has 0 aliphatic carbocycles. The molecule has 0 fully saturated rings. The van der Waals surface area contributed by atoms with Crippen molar-refractivity contribution in [3.63, 3.8) is 0 Å². The second-order valence-corrected chi connectivity index (χ2v) is 13.1. The van der Waals surface area contributed by atoms with Crippen LogP contribution in [0.1, 0.15) is 107 Å². The molecule has 0 saturated heterocycles. The van der Waals surface area contributed by atoms with E-state index in [1.807, 2.05) is 26.0 Å². The van der Waals surface area contributed by atoms with E-state index in [1.54, 1.807) is 24.3 Å². The molecule has 0 amide bonds. The van der Waals surface area contributed by atoms with Gasteiger partial charge >= 0.3 is 0 Å². The number of nitrogens with zero attached hydrogens (tertiary/aromatic N) is 3. The smallest absolute Gasteiger partial charge is 0.167 e. The maximum Gasteiger partial charge on any atom is 0.167 e. The maximum absolute atomic E-state index is 11.2. The molecule has 0 unspecified atom stereocenters. The number of phenols is 2. The highest BCUT2D eigenvalue weighted by molar-refractivity contribution is 5.74. The van der Waals surface area contributed by atoms with Gasteiger partial charge < -0.3 is 24.8 Å². The van der Waals surface area contributed by atoms with Gasteiger partial charge in [0.2, 0.25) is 0 Å². The Kier molecular flexibility index (Phi) is 15.2. The van der Waals surface area contributed by atoms with Crippen LogP contribution in [0.5, 0.6) is 23.0 Å². The summed E-state index contributed by atoms with van der Waals surface area (Å²) < 4.78 is 11.9. The van der Waals surface area contributed by atoms with Crippen LogP contribution in [0.2, 0.25) is 0 Å². The highest BCUT2D eigenvalue weighted by Crippen LogP contribution is 2.37. The number of aromatic hydroxyl groups is 2. The van der Waals surface area contributed by atoms with Crippen LogP contribution in [0, 0.1) is 20.8 Å². The predicted octanol–water partition coefficient (Wildman–Crippen LogP) is 10.1. The van der Waals surface area contributed by atoms with Crippen LogP contribution in [-0.2, 0) is 0 Å². The van der Waals surface area contributed by atoms with E-state index in [0.29, 0.717) is 59.9 Å². The van der Waals surface area contributed by atoms with Crippen LogP contribution in [0.3, 0.4) is 0 Å². The second-order valence-electron chi connectivity index (χ2n) is 13.1. The molecule has 0 spiro atoms. The summed E-state index contributed by atoms with van der Waals surface area (Å²) in [5.74, 6) is 2.28. The fourth-order valence-corrected chi connectivity index (χ4v) is 6.20. The largest absolute Gasteiger partial charge is 0.507 e. The lowest BCUT2D eigenvalue weighted by Crippen LogP contribution is -2.03. The molecule has 0 aliphatic rings. The molecule has 8 nitrogen and oxygen atoms in total. The highest BCUT2D eigenvalue weighted by Gasteiger charge is 2.19. The molecule has 0 aliphatic heterocycles. The fraction of sp³-hybridized carbons (Fsp3) is 0.488. The fourth-order valence-electron chi connectivity index (χ4n) is 6.20. The summed E-state index contributed by atoms with van der Waals surface area (Å²) in [4.78, 5) is 14.4. The van der Waals surface area contributed by atoms with Gasteiger partial charge in [-0.15, -0.1) is 0 Å². The molecule has 8 heteroatoms. The van der Waals surface area contributed by atoms with E-state index in [9.17, 15) is 10.2 Å². The van der Waals surface area contributed by atoms with E-state index in [4.69, 9.17) is 29.5 Å². The van der Waals surface area contributed by atoms with Crippen molar-refractivity contribution in [3.05, 3.63) is 65.2 Å². The molecule has 0 radical (unpaired) electrons. The summed E-state index contributed by atoms with van der Waals surface area (Å²) in [7, 11) is 0. The monoisotopic (exact) mass is 669 g/mol. The second kappa shape index (κ2) is 19.7. The molecule has 3 N–H and O–H groups in total. The summed E-state index contributed by atoms with van der Waals surface area (Å²) in [6, 6.07) is 14.6. The first-order chi connectivity index (χ1) is 23.8. The Morgan fingerprint density at radius 2 is 0.959 bits per heavy atom. The third kappa shape index (κ3) is 11.5. The number of benzene rings is 3. The number of hydrogen-bond acceptors (Lipinski definition) is 8. The van der Waals surface area contributed by atoms with Gasteiger partial charge in [-0.2, -0.15) is 0 Å². The lowest BCUT2D eigenvalue weighted by atomic mass is 9.99. The number of hydrogen-bond donors (Lipinski definition) is 3. The van der Waals surface area contributed by atoms with E-state index in [0.717, 1.165) is 67.2 Å². The van der Waals surface area contributed by atoms with Crippen molar-refractivity contribution in [2.45, 2.75) is 111 Å². The SMILES string of the molecule is CCCCCCOc1ccc(-c2nc(-c3ccc(OCCCCCCCCCCCO)cc3O)nc(-c3c(C)cc(C)cc3C)n2)c(O)c1. The van der Waals surface area contributed by atoms with Crippen molar-refractivity contribution in [2.24, 2.45) is 0 Å². The van der Waals surface area contributed by atoms with Gasteiger partial charge in [0.05, 0.1) is 24.3 Å². The maximum atomic E-state index is 11.2. The predicted molar refractivity (Wildman–Crippen MR) is 197 cm³/mol. The lowest BCUT2D eigenvalue weighted by Gasteiger charge is -2.14. The topological polar surface area (TPSA) is 118 Å². The zero-order valence-corrected chi connectivity index (χ0v) is 29.9. The molecule has 0 bridgehead atoms. The van der Waals surface area contributed by atoms with Gasteiger partial charge in [-0.05, 0) is 75.4 Å². The Balaban J connectivity index is 1.51. The molecule has 1 aromatic heterocycles. The van der Waals surface area contributed by atoms with Crippen molar-refractivity contribution in [2.75, 3.05) is 19.8 Å². The van der Waals surface area contributed by atoms with Gasteiger partial charge in [-0.25, -0.2) is 15.0 Å². The van der Waals surface area contributed by atoms with Crippen LogP contribution >= 0.6 is 0 Å². The third-order valence-electron chi connectivity index (χ3n) is 8.79. The van der Waals surface area contributed by atoms with E-state index in [-0.39, 0.29) is 11.5 Å². The molecule has 49 heavy (non-hydrogen) atoms. The zero-order chi connectivity index (χ0) is 35.0. The molecule has 264 valence electrons. The number of aryl methyl sites for hydroxylation is 3. The zero-order valence-electron chi connectivity index (χ0n) is 29.9. The van der Waals surface area contributed by atoms with Crippen molar-refractivity contribution in [3.8, 4) is 57.2 Å². The summed E-state index contributed by atoms with van der Waals surface area (Å²) in [5, 5.41) is 31.1. The average Bonchev–Trinajstić information content (AvgIpc) is 3.06. The third-order valence-corrected chi connectivity index (χ3v) is 8.79. The summed E-state index contributed by atoms with van der Waals surface area (Å²) in [5.41, 5.74) is 5.00. The Hall–Kier alpha value is -4.17. The number of aromatic nitrogens is 3. The number of ether oxygens (including phenoxy) is 2. The quantitative estimate of drug-likeness (QED) is 0.0751. The van der Waals surface area contributed by atoms with Gasteiger partial charge in [-0.1, -0.05) is 88.8 Å². The Bertz CT molecular complexity index is 1600. The van der Waals surface area contributed by atoms with E-state index in [1.165, 1.54) is 38.5 Å². The molecular weight excluding hydrogens is 614 g/mol. The minimum atomic E-state index is 0.00944. The summed E-state index contributed by atoms with van der Waals surface area (Å²) in [6.45, 7) is 9.78. The van der Waals surface area contributed by atoms with Gasteiger partial charge in [0.15, 0.2) is 17.5 Å². The van der Waals surface area contributed by atoms with E-state index >= 15 is 0 Å². The number of rotatable bonds is 21. The van der Waals surface area contributed by atoms with E-state index < -0.39 is 0 Å². The summed E-state index contributed by atoms with van der Waals surface area (Å²) in [6.07, 6.45) is 14.6. The molecule has 4 aromatic rings. The first kappa shape index (κ1) is 37.6. The Labute approximate surface area is 292 Å². The Morgan fingerprint density at radius 1 is 0.531 bits per heavy atom. The molecular formula is C41H55N3O5. The van der Waals surface area contributed by atoms with E-state index in [2.05, 4.69) is 26.0 Å². The van der Waals surface area contributed by atoms with Gasteiger partial charge in [0.1, 0.15) is 23.0 Å². The van der Waals surface area contributed by atoms with Crippen molar-refractivity contribution >= 4 is 0 Å². The van der Waals surface area contributed by atoms with Crippen LogP contribution in [0.15, 0.2) is 48.5 Å². The van der Waals surface area contributed by atoms with Gasteiger partial charge in [-0.3, -0.25) is 0 Å². The van der Waals surface area contributed by atoms with Crippen LogP contribution in [-0.4, -0.2) is 50.1 Å². The number of aliphatic hydroxyl groups excluding tert-OH is 1. The standard InChI is InChI=1S/C41H55N3O5/c1-5-6-7-16-23-48-32-18-20-34(36(46)27-32)39-42-40(44-41(43-39)38-30(3)25-29(2)26-31(38)4)35-21-19-33(28-37(35)47)49-24-17-14-12-10-8-9-11-13-15-22-45/h18-21,25-28,45-47H,5-17,22-24H2,1-4H3. The van der Waals surface area contributed by atoms with Gasteiger partial charge in [0.25, 0.3) is 0 Å². The number of aliphatic hydroxyl groups is 1. The number of unbranched alkanes of at least 4 members (excludes halogenated alkanes) is 11. The molecule has 4 rings (SSSR count). The average molecular weight is 670 g/mol. The van der Waals surface area contributed by atoms with Crippen molar-refractivity contribution in [1.82, 2.24) is 15.0 Å². The molecule has 3 aromatic carbocycles. The minimum Gasteiger partial charge on any atom is -0.507 e. The van der Waals surface area contributed by atoms with Crippen molar-refractivity contribution < 1.29 is 24.8 Å². The molecule has 0 saturated carbocycles. The van der Waals surface area contributed by atoms with Gasteiger partial charge in [0, 0.05) is 24.3 Å². The van der Waals surface area contributed by atoms with Crippen molar-refractivity contribution in [1.29, 1.82) is 0 Å². The summed E-state index contributed by atoms with van der Waals surface area (Å²) >= 11 is 0. The first-order valence-corrected chi connectivity index (χ1v) is 18.2. The van der Waals surface area contributed by atoms with Crippen LogP contribution in [0.25, 0.3) is 34.2 Å². The highest BCUT2D eigenvalue weighted by atomic mass is 16.5. The molecule has 1 heterocycles. The Morgan fingerprint density at radius 3 is 1.41 bits per heavy atom.